The van der Waals surface area contributed by atoms with Crippen molar-refractivity contribution in [2.24, 2.45) is 11.7 Å². The van der Waals surface area contributed by atoms with Gasteiger partial charge < -0.3 is 21.3 Å². The van der Waals surface area contributed by atoms with Gasteiger partial charge in [-0.3, -0.25) is 4.79 Å². The summed E-state index contributed by atoms with van der Waals surface area (Å²) in [6.45, 7) is 0.407. The van der Waals surface area contributed by atoms with Crippen molar-refractivity contribution in [3.05, 3.63) is 23.8 Å². The number of nitrogens with two attached hydrogens (primary N) is 1. The van der Waals surface area contributed by atoms with Crippen molar-refractivity contribution in [3.8, 4) is 11.5 Å². The van der Waals surface area contributed by atoms with E-state index in [1.165, 1.54) is 12.1 Å². The molecule has 1 aliphatic rings. The maximum absolute atomic E-state index is 11.7. The summed E-state index contributed by atoms with van der Waals surface area (Å²) in [5.41, 5.74) is 5.99. The number of nitrogens with one attached hydrogen (secondary N) is 1. The average Bonchev–Trinajstić information content (AvgIpc) is 3.09. The topological polar surface area (TPSA) is 95.6 Å². The predicted molar refractivity (Wildman–Crippen MR) is 62.8 cm³/mol. The smallest absolute Gasteiger partial charge is 0.255 e. The molecule has 1 atom stereocenters. The van der Waals surface area contributed by atoms with Crippen molar-refractivity contribution in [1.29, 1.82) is 0 Å². The first-order chi connectivity index (χ1) is 8.08. The van der Waals surface area contributed by atoms with E-state index in [9.17, 15) is 9.90 Å². The zero-order valence-corrected chi connectivity index (χ0v) is 9.39. The molecule has 0 aliphatic heterocycles. The summed E-state index contributed by atoms with van der Waals surface area (Å²) in [5, 5.41) is 21.3. The highest BCUT2D eigenvalue weighted by atomic mass is 16.3. The summed E-state index contributed by atoms with van der Waals surface area (Å²) < 4.78 is 0. The number of aromatic hydroxyl groups is 2. The number of rotatable bonds is 4. The fourth-order valence-electron chi connectivity index (χ4n) is 1.71. The van der Waals surface area contributed by atoms with Crippen molar-refractivity contribution in [2.45, 2.75) is 18.9 Å². The Morgan fingerprint density at radius 3 is 2.76 bits per heavy atom. The van der Waals surface area contributed by atoms with E-state index in [0.29, 0.717) is 12.5 Å². The Labute approximate surface area is 99.3 Å². The first kappa shape index (κ1) is 11.7. The van der Waals surface area contributed by atoms with E-state index in [-0.39, 0.29) is 29.0 Å². The van der Waals surface area contributed by atoms with Gasteiger partial charge in [-0.05, 0) is 30.9 Å². The van der Waals surface area contributed by atoms with Gasteiger partial charge in [0.15, 0.2) is 0 Å². The van der Waals surface area contributed by atoms with Gasteiger partial charge in [0.2, 0.25) is 0 Å². The summed E-state index contributed by atoms with van der Waals surface area (Å²) in [4.78, 5) is 11.7. The Balaban J connectivity index is 1.94. The molecular formula is C12H16N2O3. The van der Waals surface area contributed by atoms with Crippen LogP contribution in [0.5, 0.6) is 11.5 Å². The lowest BCUT2D eigenvalue weighted by atomic mass is 10.1. The molecule has 1 aliphatic carbocycles. The summed E-state index contributed by atoms with van der Waals surface area (Å²) in [6.07, 6.45) is 2.25. The number of carbonyl (C=O) groups is 1. The number of amides is 1. The molecule has 5 nitrogen and oxygen atoms in total. The molecule has 1 aromatic carbocycles. The van der Waals surface area contributed by atoms with Gasteiger partial charge in [-0.25, -0.2) is 0 Å². The lowest BCUT2D eigenvalue weighted by molar-refractivity contribution is 0.0947. The second-order valence-electron chi connectivity index (χ2n) is 4.41. The molecule has 0 saturated heterocycles. The van der Waals surface area contributed by atoms with Crippen LogP contribution in [0, 0.1) is 5.92 Å². The molecule has 0 bridgehead atoms. The van der Waals surface area contributed by atoms with Gasteiger partial charge in [-0.1, -0.05) is 0 Å². The Kier molecular flexibility index (Phi) is 3.19. The molecule has 1 unspecified atom stereocenters. The van der Waals surface area contributed by atoms with Crippen LogP contribution in [0.15, 0.2) is 18.2 Å². The van der Waals surface area contributed by atoms with E-state index in [2.05, 4.69) is 5.32 Å². The Hall–Kier alpha value is -1.75. The van der Waals surface area contributed by atoms with Gasteiger partial charge in [0.05, 0.1) is 5.56 Å². The van der Waals surface area contributed by atoms with Crippen LogP contribution in [0.3, 0.4) is 0 Å². The van der Waals surface area contributed by atoms with Crippen LogP contribution in [0.2, 0.25) is 0 Å². The molecule has 0 heterocycles. The summed E-state index contributed by atoms with van der Waals surface area (Å²) in [6, 6.07) is 3.85. The van der Waals surface area contributed by atoms with Crippen molar-refractivity contribution in [1.82, 2.24) is 5.32 Å². The standard InChI is InChI=1S/C12H16N2O3/c13-10(7-1-2-7)6-14-12(17)9-4-3-8(15)5-11(9)16/h3-5,7,10,15-16H,1-2,6,13H2,(H,14,17). The Morgan fingerprint density at radius 1 is 1.47 bits per heavy atom. The summed E-state index contributed by atoms with van der Waals surface area (Å²) in [7, 11) is 0. The van der Waals surface area contributed by atoms with E-state index in [1.807, 2.05) is 0 Å². The fourth-order valence-corrected chi connectivity index (χ4v) is 1.71. The maximum atomic E-state index is 11.7. The third-order valence-corrected chi connectivity index (χ3v) is 2.95. The molecule has 1 saturated carbocycles. The summed E-state index contributed by atoms with van der Waals surface area (Å²) in [5.74, 6) is -0.168. The molecule has 5 N–H and O–H groups in total. The Morgan fingerprint density at radius 2 is 2.18 bits per heavy atom. The molecule has 2 rings (SSSR count). The van der Waals surface area contributed by atoms with Crippen LogP contribution in [0.25, 0.3) is 0 Å². The van der Waals surface area contributed by atoms with Gasteiger partial charge in [0.25, 0.3) is 5.91 Å². The van der Waals surface area contributed by atoms with E-state index in [1.54, 1.807) is 0 Å². The van der Waals surface area contributed by atoms with Crippen molar-refractivity contribution >= 4 is 5.91 Å². The van der Waals surface area contributed by atoms with Crippen LogP contribution in [0.4, 0.5) is 0 Å². The highest BCUT2D eigenvalue weighted by molar-refractivity contribution is 5.97. The highest BCUT2D eigenvalue weighted by Gasteiger charge is 2.28. The predicted octanol–water partition coefficient (Wildman–Crippen LogP) is 0.565. The largest absolute Gasteiger partial charge is 0.508 e. The molecule has 17 heavy (non-hydrogen) atoms. The molecule has 5 heteroatoms. The van der Waals surface area contributed by atoms with Gasteiger partial charge in [0, 0.05) is 18.7 Å². The quantitative estimate of drug-likeness (QED) is 0.614. The van der Waals surface area contributed by atoms with Gasteiger partial charge in [-0.2, -0.15) is 0 Å². The number of hydrogen-bond acceptors (Lipinski definition) is 4. The minimum atomic E-state index is -0.376. The van der Waals surface area contributed by atoms with Crippen LogP contribution >= 0.6 is 0 Å². The molecule has 1 amide bonds. The van der Waals surface area contributed by atoms with E-state index < -0.39 is 0 Å². The van der Waals surface area contributed by atoms with Crippen molar-refractivity contribution in [2.75, 3.05) is 6.54 Å². The fraction of sp³-hybridized carbons (Fsp3) is 0.417. The number of phenols is 2. The average molecular weight is 236 g/mol. The zero-order chi connectivity index (χ0) is 12.4. The molecule has 1 aromatic rings. The molecule has 0 spiro atoms. The van der Waals surface area contributed by atoms with Crippen molar-refractivity contribution in [3.63, 3.8) is 0 Å². The molecule has 1 fully saturated rings. The minimum Gasteiger partial charge on any atom is -0.508 e. The highest BCUT2D eigenvalue weighted by Crippen LogP contribution is 2.31. The first-order valence-corrected chi connectivity index (χ1v) is 5.63. The third-order valence-electron chi connectivity index (χ3n) is 2.95. The molecule has 0 radical (unpaired) electrons. The lowest BCUT2D eigenvalue weighted by Gasteiger charge is -2.12. The number of benzene rings is 1. The third kappa shape index (κ3) is 2.88. The van der Waals surface area contributed by atoms with Crippen LogP contribution in [0.1, 0.15) is 23.2 Å². The van der Waals surface area contributed by atoms with Crippen LogP contribution < -0.4 is 11.1 Å². The van der Waals surface area contributed by atoms with E-state index >= 15 is 0 Å². The number of carbonyl (C=O) groups excluding carboxylic acids is 1. The maximum Gasteiger partial charge on any atom is 0.255 e. The second-order valence-corrected chi connectivity index (χ2v) is 4.41. The molecule has 0 aromatic heterocycles. The minimum absolute atomic E-state index is 0.0155. The Bertz CT molecular complexity index is 430. The van der Waals surface area contributed by atoms with E-state index in [0.717, 1.165) is 18.9 Å². The van der Waals surface area contributed by atoms with Crippen molar-refractivity contribution < 1.29 is 15.0 Å². The number of hydrogen-bond donors (Lipinski definition) is 4. The summed E-state index contributed by atoms with van der Waals surface area (Å²) >= 11 is 0. The molecule has 92 valence electrons. The van der Waals surface area contributed by atoms with Gasteiger partial charge >= 0.3 is 0 Å². The monoisotopic (exact) mass is 236 g/mol. The molecular weight excluding hydrogens is 220 g/mol. The van der Waals surface area contributed by atoms with Gasteiger partial charge in [0.1, 0.15) is 11.5 Å². The normalized spacial score (nSPS) is 16.5. The van der Waals surface area contributed by atoms with E-state index in [4.69, 9.17) is 10.8 Å². The zero-order valence-electron chi connectivity index (χ0n) is 9.39. The van der Waals surface area contributed by atoms with Crippen LogP contribution in [-0.4, -0.2) is 28.7 Å². The SMILES string of the molecule is NC(CNC(=O)c1ccc(O)cc1O)C1CC1. The van der Waals surface area contributed by atoms with Gasteiger partial charge in [-0.15, -0.1) is 0 Å². The first-order valence-electron chi connectivity index (χ1n) is 5.63. The second kappa shape index (κ2) is 4.63. The number of phenolic OH excluding ortho intramolecular Hbond substituents is 2. The lowest BCUT2D eigenvalue weighted by Crippen LogP contribution is -2.38. The van der Waals surface area contributed by atoms with Crippen LogP contribution in [-0.2, 0) is 0 Å².